The number of ether oxygens (including phenoxy) is 2. The van der Waals surface area contributed by atoms with Gasteiger partial charge in [-0.15, -0.1) is 0 Å². The second-order valence-electron chi connectivity index (χ2n) is 4.57. The maximum atomic E-state index is 13.8. The summed E-state index contributed by atoms with van der Waals surface area (Å²) in [5.74, 6) is -0.246. The van der Waals surface area contributed by atoms with Crippen LogP contribution in [-0.2, 0) is 14.3 Å². The molecule has 0 aromatic carbocycles. The lowest BCUT2D eigenvalue weighted by Crippen LogP contribution is -2.44. The minimum Gasteiger partial charge on any atom is -0.378 e. The largest absolute Gasteiger partial charge is 0.378 e. The average Bonchev–Trinajstić information content (AvgIpc) is 2.30. The number of nitrogens with one attached hydrogen (secondary N) is 2. The van der Waals surface area contributed by atoms with E-state index in [1.165, 1.54) is 6.92 Å². The number of hydrogen-bond donors (Lipinski definition) is 2. The SMILES string of the molecule is CNCCOCCOC(C)(C)C(F)CNC(C)=O. The van der Waals surface area contributed by atoms with Gasteiger partial charge in [0, 0.05) is 13.5 Å². The summed E-state index contributed by atoms with van der Waals surface area (Å²) >= 11 is 0. The molecule has 0 aliphatic heterocycles. The zero-order valence-corrected chi connectivity index (χ0v) is 11.7. The van der Waals surface area contributed by atoms with E-state index >= 15 is 0 Å². The van der Waals surface area contributed by atoms with E-state index in [0.717, 1.165) is 6.54 Å². The average molecular weight is 264 g/mol. The summed E-state index contributed by atoms with van der Waals surface area (Å²) in [6.07, 6.45) is -1.25. The van der Waals surface area contributed by atoms with Gasteiger partial charge in [-0.3, -0.25) is 4.79 Å². The van der Waals surface area contributed by atoms with Gasteiger partial charge in [-0.25, -0.2) is 4.39 Å². The number of alkyl halides is 1. The van der Waals surface area contributed by atoms with E-state index in [1.807, 2.05) is 7.05 Å². The molecule has 1 unspecified atom stereocenters. The molecule has 0 fully saturated rings. The molecule has 0 rings (SSSR count). The maximum absolute atomic E-state index is 13.8. The van der Waals surface area contributed by atoms with Gasteiger partial charge >= 0.3 is 0 Å². The van der Waals surface area contributed by atoms with E-state index in [-0.39, 0.29) is 12.5 Å². The van der Waals surface area contributed by atoms with Crippen molar-refractivity contribution in [1.29, 1.82) is 0 Å². The van der Waals surface area contributed by atoms with Crippen molar-refractivity contribution >= 4 is 5.91 Å². The van der Waals surface area contributed by atoms with Crippen molar-refractivity contribution in [2.24, 2.45) is 0 Å². The Hall–Kier alpha value is -0.720. The summed E-state index contributed by atoms with van der Waals surface area (Å²) in [7, 11) is 1.85. The van der Waals surface area contributed by atoms with Crippen LogP contribution in [0, 0.1) is 0 Å². The summed E-state index contributed by atoms with van der Waals surface area (Å²) in [6.45, 7) is 6.78. The number of amides is 1. The van der Waals surface area contributed by atoms with Crippen LogP contribution in [-0.4, -0.2) is 57.6 Å². The molecule has 0 heterocycles. The molecule has 2 N–H and O–H groups in total. The van der Waals surface area contributed by atoms with Gasteiger partial charge in [-0.1, -0.05) is 0 Å². The molecular formula is C12H25FN2O3. The number of halogens is 1. The van der Waals surface area contributed by atoms with Gasteiger partial charge in [-0.2, -0.15) is 0 Å². The van der Waals surface area contributed by atoms with E-state index in [1.54, 1.807) is 13.8 Å². The van der Waals surface area contributed by atoms with Gasteiger partial charge in [0.25, 0.3) is 0 Å². The molecule has 0 aromatic heterocycles. The molecule has 108 valence electrons. The quantitative estimate of drug-likeness (QED) is 0.564. The Morgan fingerprint density at radius 1 is 1.33 bits per heavy atom. The molecule has 0 spiro atoms. The van der Waals surface area contributed by atoms with Crippen LogP contribution in [0.4, 0.5) is 4.39 Å². The monoisotopic (exact) mass is 264 g/mol. The fraction of sp³-hybridized carbons (Fsp3) is 0.917. The molecule has 6 heteroatoms. The highest BCUT2D eigenvalue weighted by Gasteiger charge is 2.30. The number of rotatable bonds is 10. The molecule has 1 atom stereocenters. The topological polar surface area (TPSA) is 59.6 Å². The minimum atomic E-state index is -1.25. The fourth-order valence-electron chi connectivity index (χ4n) is 1.21. The van der Waals surface area contributed by atoms with Crippen molar-refractivity contribution in [2.45, 2.75) is 32.5 Å². The third kappa shape index (κ3) is 8.38. The molecule has 0 radical (unpaired) electrons. The lowest BCUT2D eigenvalue weighted by atomic mass is 10.0. The third-order valence-corrected chi connectivity index (χ3v) is 2.48. The van der Waals surface area contributed by atoms with Crippen molar-refractivity contribution in [2.75, 3.05) is 40.0 Å². The van der Waals surface area contributed by atoms with Crippen LogP contribution >= 0.6 is 0 Å². The normalized spacial score (nSPS) is 13.4. The third-order valence-electron chi connectivity index (χ3n) is 2.48. The van der Waals surface area contributed by atoms with Gasteiger partial charge in [0.1, 0.15) is 6.17 Å². The van der Waals surface area contributed by atoms with Crippen molar-refractivity contribution in [3.63, 3.8) is 0 Å². The fourth-order valence-corrected chi connectivity index (χ4v) is 1.21. The van der Waals surface area contributed by atoms with Crippen LogP contribution in [0.3, 0.4) is 0 Å². The van der Waals surface area contributed by atoms with Crippen LogP contribution in [0.25, 0.3) is 0 Å². The Morgan fingerprint density at radius 3 is 2.56 bits per heavy atom. The van der Waals surface area contributed by atoms with E-state index in [0.29, 0.717) is 19.8 Å². The number of carbonyl (C=O) groups is 1. The summed E-state index contributed by atoms with van der Waals surface area (Å²) in [6, 6.07) is 0. The summed E-state index contributed by atoms with van der Waals surface area (Å²) in [5.41, 5.74) is -0.936. The van der Waals surface area contributed by atoms with Crippen LogP contribution in [0.1, 0.15) is 20.8 Å². The highest BCUT2D eigenvalue weighted by atomic mass is 19.1. The van der Waals surface area contributed by atoms with Gasteiger partial charge in [0.05, 0.1) is 32.0 Å². The molecular weight excluding hydrogens is 239 g/mol. The van der Waals surface area contributed by atoms with E-state index in [9.17, 15) is 9.18 Å². The summed E-state index contributed by atoms with van der Waals surface area (Å²) < 4.78 is 24.5. The van der Waals surface area contributed by atoms with Gasteiger partial charge < -0.3 is 20.1 Å². The number of hydrogen-bond acceptors (Lipinski definition) is 4. The highest BCUT2D eigenvalue weighted by Crippen LogP contribution is 2.17. The standard InChI is InChI=1S/C12H25FN2O3/c1-10(16)15-9-11(13)12(2,3)18-8-7-17-6-5-14-4/h11,14H,5-9H2,1-4H3,(H,15,16). The first-order valence-electron chi connectivity index (χ1n) is 6.15. The highest BCUT2D eigenvalue weighted by molar-refractivity contribution is 5.72. The van der Waals surface area contributed by atoms with E-state index < -0.39 is 11.8 Å². The van der Waals surface area contributed by atoms with Crippen molar-refractivity contribution < 1.29 is 18.7 Å². The molecule has 0 saturated carbocycles. The maximum Gasteiger partial charge on any atom is 0.216 e. The Balaban J connectivity index is 3.73. The molecule has 0 aromatic rings. The van der Waals surface area contributed by atoms with Crippen molar-refractivity contribution in [3.8, 4) is 0 Å². The molecule has 0 aliphatic carbocycles. The molecule has 0 saturated heterocycles. The predicted molar refractivity (Wildman–Crippen MR) is 68.4 cm³/mol. The first-order valence-corrected chi connectivity index (χ1v) is 6.15. The molecule has 0 bridgehead atoms. The van der Waals surface area contributed by atoms with Gasteiger partial charge in [0.15, 0.2) is 0 Å². The molecule has 0 aliphatic rings. The smallest absolute Gasteiger partial charge is 0.216 e. The molecule has 5 nitrogen and oxygen atoms in total. The van der Waals surface area contributed by atoms with Crippen LogP contribution in [0.15, 0.2) is 0 Å². The zero-order valence-electron chi connectivity index (χ0n) is 11.7. The Kier molecular flexibility index (Phi) is 8.87. The first kappa shape index (κ1) is 17.3. The molecule has 1 amide bonds. The lowest BCUT2D eigenvalue weighted by molar-refractivity contribution is -0.120. The second kappa shape index (κ2) is 9.24. The minimum absolute atomic E-state index is 0.0387. The van der Waals surface area contributed by atoms with Crippen molar-refractivity contribution in [3.05, 3.63) is 0 Å². The summed E-state index contributed by atoms with van der Waals surface area (Å²) in [4.78, 5) is 10.7. The summed E-state index contributed by atoms with van der Waals surface area (Å²) in [5, 5.41) is 5.39. The van der Waals surface area contributed by atoms with Gasteiger partial charge in [0.2, 0.25) is 5.91 Å². The van der Waals surface area contributed by atoms with Crippen LogP contribution < -0.4 is 10.6 Å². The molecule has 18 heavy (non-hydrogen) atoms. The Bertz CT molecular complexity index is 237. The number of likely N-dealkylation sites (N-methyl/N-ethyl adjacent to an activating group) is 1. The van der Waals surface area contributed by atoms with Crippen LogP contribution in [0.5, 0.6) is 0 Å². The lowest BCUT2D eigenvalue weighted by Gasteiger charge is -2.29. The second-order valence-corrected chi connectivity index (χ2v) is 4.57. The van der Waals surface area contributed by atoms with E-state index in [2.05, 4.69) is 10.6 Å². The van der Waals surface area contributed by atoms with Crippen molar-refractivity contribution in [1.82, 2.24) is 10.6 Å². The van der Waals surface area contributed by atoms with Gasteiger partial charge in [-0.05, 0) is 20.9 Å². The predicted octanol–water partition coefficient (Wildman–Crippen LogP) is 0.492. The Morgan fingerprint density at radius 2 is 2.00 bits per heavy atom. The Labute approximate surface area is 108 Å². The van der Waals surface area contributed by atoms with E-state index in [4.69, 9.17) is 9.47 Å². The number of carbonyl (C=O) groups excluding carboxylic acids is 1. The zero-order chi connectivity index (χ0) is 14.0. The first-order chi connectivity index (χ1) is 8.40. The van der Waals surface area contributed by atoms with Crippen LogP contribution in [0.2, 0.25) is 0 Å².